The fraction of sp³-hybridized carbons (Fsp3) is 0.458. The molecule has 34 heavy (non-hydrogen) atoms. The Hall–Kier alpha value is -2.82. The van der Waals surface area contributed by atoms with Crippen molar-refractivity contribution in [1.82, 2.24) is 4.31 Å². The summed E-state index contributed by atoms with van der Waals surface area (Å²) < 4.78 is 43.8. The number of methoxy groups -OCH3 is 2. The van der Waals surface area contributed by atoms with Gasteiger partial charge in [0.25, 0.3) is 5.91 Å². The molecule has 2 heterocycles. The number of nitrogens with zero attached hydrogens (tertiary/aromatic N) is 2. The number of nitrogens with one attached hydrogen (secondary N) is 1. The minimum atomic E-state index is -3.71. The van der Waals surface area contributed by atoms with Crippen LogP contribution in [0.2, 0.25) is 0 Å². The summed E-state index contributed by atoms with van der Waals surface area (Å²) in [6, 6.07) is 9.89. The molecular formula is C24H31N3O6S. The lowest BCUT2D eigenvalue weighted by Crippen LogP contribution is -2.40. The maximum atomic E-state index is 13.3. The van der Waals surface area contributed by atoms with Crippen molar-refractivity contribution in [1.29, 1.82) is 0 Å². The molecular weight excluding hydrogens is 458 g/mol. The first kappa shape index (κ1) is 24.3. The molecule has 0 bridgehead atoms. The Bertz CT molecular complexity index is 1130. The van der Waals surface area contributed by atoms with Gasteiger partial charge in [0.05, 0.1) is 43.7 Å². The molecule has 0 aliphatic carbocycles. The maximum absolute atomic E-state index is 13.3. The molecule has 0 atom stereocenters. The largest absolute Gasteiger partial charge is 0.493 e. The van der Waals surface area contributed by atoms with Crippen LogP contribution in [0.25, 0.3) is 0 Å². The molecule has 1 N–H and O–H groups in total. The van der Waals surface area contributed by atoms with E-state index in [1.165, 1.54) is 18.5 Å². The number of amides is 1. The average Bonchev–Trinajstić information content (AvgIpc) is 2.89. The zero-order valence-electron chi connectivity index (χ0n) is 19.6. The van der Waals surface area contributed by atoms with Crippen molar-refractivity contribution in [3.63, 3.8) is 0 Å². The summed E-state index contributed by atoms with van der Waals surface area (Å²) >= 11 is 0. The Morgan fingerprint density at radius 1 is 0.912 bits per heavy atom. The van der Waals surface area contributed by atoms with Gasteiger partial charge in [-0.05, 0) is 55.7 Å². The van der Waals surface area contributed by atoms with E-state index in [9.17, 15) is 13.2 Å². The fourth-order valence-corrected chi connectivity index (χ4v) is 5.73. The molecule has 0 spiro atoms. The van der Waals surface area contributed by atoms with Crippen molar-refractivity contribution in [2.45, 2.75) is 24.2 Å². The van der Waals surface area contributed by atoms with E-state index in [1.54, 1.807) is 36.4 Å². The Labute approximate surface area is 200 Å². The first-order valence-electron chi connectivity index (χ1n) is 11.4. The third-order valence-corrected chi connectivity index (χ3v) is 8.06. The molecule has 10 heteroatoms. The summed E-state index contributed by atoms with van der Waals surface area (Å²) in [6.45, 7) is 3.07. The summed E-state index contributed by atoms with van der Waals surface area (Å²) in [5.41, 5.74) is 1.66. The van der Waals surface area contributed by atoms with Crippen LogP contribution in [0.3, 0.4) is 0 Å². The van der Waals surface area contributed by atoms with Crippen LogP contribution in [0.5, 0.6) is 11.5 Å². The highest BCUT2D eigenvalue weighted by atomic mass is 32.2. The number of hydrogen-bond acceptors (Lipinski definition) is 7. The number of piperidine rings is 1. The van der Waals surface area contributed by atoms with Crippen LogP contribution in [0, 0.1) is 0 Å². The number of rotatable bonds is 7. The molecule has 0 aromatic heterocycles. The van der Waals surface area contributed by atoms with Gasteiger partial charge < -0.3 is 24.4 Å². The highest BCUT2D eigenvalue weighted by Gasteiger charge is 2.28. The van der Waals surface area contributed by atoms with Crippen LogP contribution >= 0.6 is 0 Å². The smallest absolute Gasteiger partial charge is 0.255 e. The van der Waals surface area contributed by atoms with Gasteiger partial charge in [0.1, 0.15) is 0 Å². The number of carbonyl (C=O) groups excluding carboxylic acids is 1. The zero-order chi connectivity index (χ0) is 24.1. The minimum absolute atomic E-state index is 0.151. The first-order chi connectivity index (χ1) is 16.4. The van der Waals surface area contributed by atoms with Crippen LogP contribution in [-0.2, 0) is 14.8 Å². The lowest BCUT2D eigenvalue weighted by Gasteiger charge is -2.31. The molecule has 2 fully saturated rings. The molecule has 1 amide bonds. The van der Waals surface area contributed by atoms with Gasteiger partial charge in [-0.15, -0.1) is 0 Å². The third-order valence-electron chi connectivity index (χ3n) is 6.17. The predicted octanol–water partition coefficient (Wildman–Crippen LogP) is 2.97. The van der Waals surface area contributed by atoms with E-state index in [0.717, 1.165) is 38.0 Å². The number of benzene rings is 2. The van der Waals surface area contributed by atoms with Crippen LogP contribution in [0.1, 0.15) is 29.6 Å². The standard InChI is InChI=1S/C24H31N3O6S/c1-31-22-9-6-18(16-23(22)32-2)24(28)25-20-17-19(34(29,30)27-12-14-33-15-13-27)7-8-21(20)26-10-4-3-5-11-26/h6-9,16-17H,3-5,10-15H2,1-2H3,(H,25,28). The number of sulfonamides is 1. The Morgan fingerprint density at radius 2 is 1.62 bits per heavy atom. The number of ether oxygens (including phenoxy) is 3. The molecule has 2 aliphatic heterocycles. The molecule has 0 saturated carbocycles. The molecule has 184 valence electrons. The SMILES string of the molecule is COc1ccc(C(=O)Nc2cc(S(=O)(=O)N3CCOCC3)ccc2N2CCCCC2)cc1OC. The Morgan fingerprint density at radius 3 is 2.29 bits per heavy atom. The lowest BCUT2D eigenvalue weighted by molar-refractivity contribution is 0.0730. The lowest BCUT2D eigenvalue weighted by atomic mass is 10.1. The van der Waals surface area contributed by atoms with Crippen molar-refractivity contribution in [3.8, 4) is 11.5 Å². The van der Waals surface area contributed by atoms with Gasteiger partial charge in [-0.2, -0.15) is 4.31 Å². The van der Waals surface area contributed by atoms with E-state index in [4.69, 9.17) is 14.2 Å². The van der Waals surface area contributed by atoms with E-state index in [0.29, 0.717) is 49.1 Å². The molecule has 4 rings (SSSR count). The zero-order valence-corrected chi connectivity index (χ0v) is 20.4. The number of morpholine rings is 1. The van der Waals surface area contributed by atoms with E-state index >= 15 is 0 Å². The van der Waals surface area contributed by atoms with Gasteiger partial charge >= 0.3 is 0 Å². The average molecular weight is 490 g/mol. The van der Waals surface area contributed by atoms with Gasteiger partial charge in [0.2, 0.25) is 10.0 Å². The Balaban J connectivity index is 1.68. The van der Waals surface area contributed by atoms with Crippen LogP contribution in [0.15, 0.2) is 41.3 Å². The third kappa shape index (κ3) is 5.13. The van der Waals surface area contributed by atoms with Crippen molar-refractivity contribution in [2.24, 2.45) is 0 Å². The predicted molar refractivity (Wildman–Crippen MR) is 130 cm³/mol. The molecule has 0 radical (unpaired) electrons. The normalized spacial score (nSPS) is 17.3. The second kappa shape index (κ2) is 10.6. The van der Waals surface area contributed by atoms with Crippen molar-refractivity contribution in [3.05, 3.63) is 42.0 Å². The van der Waals surface area contributed by atoms with E-state index in [-0.39, 0.29) is 10.8 Å². The van der Waals surface area contributed by atoms with Crippen LogP contribution < -0.4 is 19.7 Å². The van der Waals surface area contributed by atoms with Gasteiger partial charge in [-0.3, -0.25) is 4.79 Å². The molecule has 0 unspecified atom stereocenters. The monoisotopic (exact) mass is 489 g/mol. The van der Waals surface area contributed by atoms with Gasteiger partial charge in [0.15, 0.2) is 11.5 Å². The van der Waals surface area contributed by atoms with Gasteiger partial charge in [-0.25, -0.2) is 8.42 Å². The minimum Gasteiger partial charge on any atom is -0.493 e. The number of carbonyl (C=O) groups is 1. The molecule has 2 saturated heterocycles. The summed E-state index contributed by atoms with van der Waals surface area (Å²) in [7, 11) is -0.667. The van der Waals surface area contributed by atoms with E-state index in [2.05, 4.69) is 10.2 Å². The van der Waals surface area contributed by atoms with Crippen molar-refractivity contribution >= 4 is 27.3 Å². The summed E-state index contributed by atoms with van der Waals surface area (Å²) in [6.07, 6.45) is 3.26. The second-order valence-corrected chi connectivity index (χ2v) is 10.2. The van der Waals surface area contributed by atoms with E-state index < -0.39 is 10.0 Å². The van der Waals surface area contributed by atoms with Crippen molar-refractivity contribution < 1.29 is 27.4 Å². The van der Waals surface area contributed by atoms with E-state index in [1.807, 2.05) is 0 Å². The van der Waals surface area contributed by atoms with Crippen LogP contribution in [-0.4, -0.2) is 72.2 Å². The maximum Gasteiger partial charge on any atom is 0.255 e. The second-order valence-electron chi connectivity index (χ2n) is 8.27. The van der Waals surface area contributed by atoms with Crippen LogP contribution in [0.4, 0.5) is 11.4 Å². The fourth-order valence-electron chi connectivity index (χ4n) is 4.29. The summed E-state index contributed by atoms with van der Waals surface area (Å²) in [5.74, 6) is 0.599. The highest BCUT2D eigenvalue weighted by molar-refractivity contribution is 7.89. The summed E-state index contributed by atoms with van der Waals surface area (Å²) in [4.78, 5) is 15.5. The van der Waals surface area contributed by atoms with Gasteiger partial charge in [-0.1, -0.05) is 0 Å². The van der Waals surface area contributed by atoms with Crippen molar-refractivity contribution in [2.75, 3.05) is 63.8 Å². The topological polar surface area (TPSA) is 97.4 Å². The molecule has 9 nitrogen and oxygen atoms in total. The summed E-state index contributed by atoms with van der Waals surface area (Å²) in [5, 5.41) is 2.94. The van der Waals surface area contributed by atoms with Gasteiger partial charge in [0, 0.05) is 31.7 Å². The number of hydrogen-bond donors (Lipinski definition) is 1. The molecule has 2 aliphatic rings. The molecule has 2 aromatic rings. The first-order valence-corrected chi connectivity index (χ1v) is 12.9. The quantitative estimate of drug-likeness (QED) is 0.639. The Kier molecular flexibility index (Phi) is 7.60. The number of anilines is 2. The highest BCUT2D eigenvalue weighted by Crippen LogP contribution is 2.33. The molecule has 2 aromatic carbocycles.